The molecule has 0 amide bonds. The zero-order valence-corrected chi connectivity index (χ0v) is 13.5. The first kappa shape index (κ1) is 14.8. The normalized spacial score (nSPS) is 26.1. The van der Waals surface area contributed by atoms with Crippen LogP contribution in [0.4, 0.5) is 5.82 Å². The zero-order valence-electron chi connectivity index (χ0n) is 13.5. The van der Waals surface area contributed by atoms with Gasteiger partial charge in [0.2, 0.25) is 0 Å². The van der Waals surface area contributed by atoms with Crippen LogP contribution in [-0.2, 0) is 6.42 Å². The van der Waals surface area contributed by atoms with Crippen molar-refractivity contribution < 1.29 is 0 Å². The maximum Gasteiger partial charge on any atom is 0.135 e. The molecule has 0 N–H and O–H groups in total. The van der Waals surface area contributed by atoms with Gasteiger partial charge in [-0.3, -0.25) is 4.90 Å². The Hall–Kier alpha value is -1.16. The third kappa shape index (κ3) is 3.20. The van der Waals surface area contributed by atoms with Crippen LogP contribution in [0.1, 0.15) is 45.1 Å². The molecule has 0 radical (unpaired) electrons. The molecule has 0 aromatic carbocycles. The summed E-state index contributed by atoms with van der Waals surface area (Å²) in [5.41, 5.74) is 1.32. The van der Waals surface area contributed by atoms with Crippen LogP contribution in [0.2, 0.25) is 0 Å². The monoisotopic (exact) mass is 288 g/mol. The summed E-state index contributed by atoms with van der Waals surface area (Å²) in [7, 11) is 0. The van der Waals surface area contributed by atoms with E-state index in [2.05, 4.69) is 33.6 Å². The predicted octanol–water partition coefficient (Wildman–Crippen LogP) is 2.74. The standard InChI is InChI=1S/C17H28N4/c1-3-5-15-9-18-13-19-17(15)21-11-14-6-7-16(12-21)20(10-14)8-4-2/h9,13-14,16H,3-8,10-12H2,1-2H3/t14-,16-/m0/s1. The van der Waals surface area contributed by atoms with E-state index in [1.807, 2.05) is 6.20 Å². The fourth-order valence-corrected chi connectivity index (χ4v) is 4.00. The third-order valence-electron chi connectivity index (χ3n) is 4.92. The molecule has 0 spiro atoms. The third-order valence-corrected chi connectivity index (χ3v) is 4.92. The fourth-order valence-electron chi connectivity index (χ4n) is 4.00. The van der Waals surface area contributed by atoms with Gasteiger partial charge in [-0.25, -0.2) is 9.97 Å². The lowest BCUT2D eigenvalue weighted by Crippen LogP contribution is -2.44. The molecule has 1 aromatic heterocycles. The molecule has 4 nitrogen and oxygen atoms in total. The molecule has 3 fully saturated rings. The van der Waals surface area contributed by atoms with Crippen LogP contribution >= 0.6 is 0 Å². The minimum absolute atomic E-state index is 0.716. The molecule has 4 rings (SSSR count). The van der Waals surface area contributed by atoms with Crippen LogP contribution in [0.3, 0.4) is 0 Å². The molecular formula is C17H28N4. The number of hydrogen-bond acceptors (Lipinski definition) is 4. The number of piperidine rings is 1. The van der Waals surface area contributed by atoms with E-state index >= 15 is 0 Å². The predicted molar refractivity (Wildman–Crippen MR) is 86.6 cm³/mol. The Morgan fingerprint density at radius 1 is 1.14 bits per heavy atom. The topological polar surface area (TPSA) is 32.3 Å². The van der Waals surface area contributed by atoms with Crippen LogP contribution in [0.15, 0.2) is 12.5 Å². The van der Waals surface area contributed by atoms with Crippen LogP contribution in [0, 0.1) is 5.92 Å². The van der Waals surface area contributed by atoms with Crippen molar-refractivity contribution in [3.8, 4) is 0 Å². The molecule has 3 saturated heterocycles. The molecule has 1 aromatic rings. The highest BCUT2D eigenvalue weighted by molar-refractivity contribution is 5.46. The van der Waals surface area contributed by atoms with Crippen molar-refractivity contribution in [1.82, 2.24) is 14.9 Å². The average Bonchev–Trinajstić information content (AvgIpc) is 2.80. The number of aryl methyl sites for hydroxylation is 1. The largest absolute Gasteiger partial charge is 0.354 e. The molecule has 0 saturated carbocycles. The summed E-state index contributed by atoms with van der Waals surface area (Å²) in [6.07, 6.45) is 9.97. The summed E-state index contributed by atoms with van der Waals surface area (Å²) in [6, 6.07) is 0.716. The molecule has 2 atom stereocenters. The summed E-state index contributed by atoms with van der Waals surface area (Å²) >= 11 is 0. The lowest BCUT2D eigenvalue weighted by Gasteiger charge is -2.35. The lowest BCUT2D eigenvalue weighted by molar-refractivity contribution is 0.134. The van der Waals surface area contributed by atoms with Gasteiger partial charge < -0.3 is 4.90 Å². The van der Waals surface area contributed by atoms with Crippen molar-refractivity contribution in [2.45, 2.75) is 52.0 Å². The van der Waals surface area contributed by atoms with Crippen molar-refractivity contribution in [3.63, 3.8) is 0 Å². The Kier molecular flexibility index (Phi) is 4.73. The van der Waals surface area contributed by atoms with Crippen molar-refractivity contribution in [1.29, 1.82) is 0 Å². The number of hydrogen-bond donors (Lipinski definition) is 0. The van der Waals surface area contributed by atoms with Gasteiger partial charge in [0.15, 0.2) is 0 Å². The maximum absolute atomic E-state index is 4.63. The van der Waals surface area contributed by atoms with Crippen molar-refractivity contribution in [2.24, 2.45) is 5.92 Å². The molecule has 21 heavy (non-hydrogen) atoms. The highest BCUT2D eigenvalue weighted by Gasteiger charge is 2.35. The molecule has 2 bridgehead atoms. The van der Waals surface area contributed by atoms with Gasteiger partial charge in [0.05, 0.1) is 0 Å². The van der Waals surface area contributed by atoms with E-state index in [-0.39, 0.29) is 0 Å². The lowest BCUT2D eigenvalue weighted by atomic mass is 9.95. The number of nitrogens with zero attached hydrogens (tertiary/aromatic N) is 4. The molecular weight excluding hydrogens is 260 g/mol. The summed E-state index contributed by atoms with van der Waals surface area (Å²) in [5.74, 6) is 2.00. The number of fused-ring (bicyclic) bond motifs is 4. The van der Waals surface area contributed by atoms with E-state index in [1.165, 1.54) is 50.3 Å². The van der Waals surface area contributed by atoms with Gasteiger partial charge in [0, 0.05) is 37.4 Å². The SMILES string of the molecule is CCCc1cncnc1N1C[C@H]2CC[C@@H](C1)N(CCC)C2. The summed E-state index contributed by atoms with van der Waals surface area (Å²) in [5, 5.41) is 0. The summed E-state index contributed by atoms with van der Waals surface area (Å²) < 4.78 is 0. The second-order valence-corrected chi connectivity index (χ2v) is 6.62. The van der Waals surface area contributed by atoms with Gasteiger partial charge in [-0.2, -0.15) is 0 Å². The number of rotatable bonds is 5. The van der Waals surface area contributed by atoms with Gasteiger partial charge in [-0.05, 0) is 38.1 Å². The van der Waals surface area contributed by atoms with Crippen LogP contribution in [-0.4, -0.2) is 47.1 Å². The van der Waals surface area contributed by atoms with E-state index in [4.69, 9.17) is 0 Å². The van der Waals surface area contributed by atoms with Crippen LogP contribution < -0.4 is 4.90 Å². The summed E-state index contributed by atoms with van der Waals surface area (Å²) in [4.78, 5) is 14.1. The zero-order chi connectivity index (χ0) is 14.7. The quantitative estimate of drug-likeness (QED) is 0.834. The maximum atomic E-state index is 4.63. The highest BCUT2D eigenvalue weighted by atomic mass is 15.3. The van der Waals surface area contributed by atoms with Gasteiger partial charge in [-0.1, -0.05) is 20.3 Å². The van der Waals surface area contributed by atoms with E-state index in [0.717, 1.165) is 25.3 Å². The fraction of sp³-hybridized carbons (Fsp3) is 0.765. The molecule has 0 unspecified atom stereocenters. The number of aromatic nitrogens is 2. The molecule has 116 valence electrons. The van der Waals surface area contributed by atoms with Gasteiger partial charge in [0.1, 0.15) is 12.1 Å². The first-order chi connectivity index (χ1) is 10.3. The first-order valence-electron chi connectivity index (χ1n) is 8.59. The van der Waals surface area contributed by atoms with Gasteiger partial charge >= 0.3 is 0 Å². The second kappa shape index (κ2) is 6.73. The Morgan fingerprint density at radius 3 is 2.86 bits per heavy atom. The van der Waals surface area contributed by atoms with E-state index in [0.29, 0.717) is 6.04 Å². The Balaban J connectivity index is 1.81. The molecule has 3 aliphatic rings. The Labute approximate surface area is 128 Å². The van der Waals surface area contributed by atoms with E-state index in [9.17, 15) is 0 Å². The highest BCUT2D eigenvalue weighted by Crippen LogP contribution is 2.31. The Bertz CT molecular complexity index is 462. The first-order valence-corrected chi connectivity index (χ1v) is 8.59. The van der Waals surface area contributed by atoms with Crippen LogP contribution in [0.25, 0.3) is 0 Å². The molecule has 3 aliphatic heterocycles. The number of anilines is 1. The van der Waals surface area contributed by atoms with Gasteiger partial charge in [-0.15, -0.1) is 0 Å². The molecule has 4 heterocycles. The van der Waals surface area contributed by atoms with E-state index in [1.54, 1.807) is 6.33 Å². The van der Waals surface area contributed by atoms with E-state index < -0.39 is 0 Å². The second-order valence-electron chi connectivity index (χ2n) is 6.62. The minimum Gasteiger partial charge on any atom is -0.354 e. The Morgan fingerprint density at radius 2 is 2.05 bits per heavy atom. The van der Waals surface area contributed by atoms with Crippen molar-refractivity contribution in [3.05, 3.63) is 18.1 Å². The minimum atomic E-state index is 0.716. The van der Waals surface area contributed by atoms with Crippen molar-refractivity contribution in [2.75, 3.05) is 31.1 Å². The van der Waals surface area contributed by atoms with Gasteiger partial charge in [0.25, 0.3) is 0 Å². The molecule has 4 heteroatoms. The summed E-state index contributed by atoms with van der Waals surface area (Å²) in [6.45, 7) is 9.37. The molecule has 0 aliphatic carbocycles. The van der Waals surface area contributed by atoms with Crippen molar-refractivity contribution >= 4 is 5.82 Å². The smallest absolute Gasteiger partial charge is 0.135 e. The average molecular weight is 288 g/mol. The van der Waals surface area contributed by atoms with Crippen LogP contribution in [0.5, 0.6) is 0 Å².